The van der Waals surface area contributed by atoms with Crippen LogP contribution in [0.2, 0.25) is 0 Å². The van der Waals surface area contributed by atoms with Crippen molar-refractivity contribution < 1.29 is 35.8 Å². The van der Waals surface area contributed by atoms with E-state index in [0.717, 1.165) is 12.3 Å². The Bertz CT molecular complexity index is 708. The summed E-state index contributed by atoms with van der Waals surface area (Å²) in [5.74, 6) is 0. The summed E-state index contributed by atoms with van der Waals surface area (Å²) in [6.07, 6.45) is 51.7. The molecule has 4 nitrogen and oxygen atoms in total. The molecule has 58 heavy (non-hydrogen) atoms. The number of unbranched alkanes of at least 4 members (excludes halogenated alkanes) is 24. The van der Waals surface area contributed by atoms with Crippen LogP contribution < -0.4 is 21.2 Å². The smallest absolute Gasteiger partial charge is 0.0351 e. The van der Waals surface area contributed by atoms with Crippen LogP contribution in [0.5, 0.6) is 0 Å². The normalized spacial score (nSPS) is 12.1. The van der Waals surface area contributed by atoms with Gasteiger partial charge in [-0.1, -0.05) is 156 Å². The maximum atomic E-state index is 7.33. The van der Waals surface area contributed by atoms with Gasteiger partial charge in [0, 0.05) is 27.4 Å². The van der Waals surface area contributed by atoms with Crippen LogP contribution in [0.15, 0.2) is 24.5 Å². The molecule has 1 aliphatic carbocycles. The Labute approximate surface area is 379 Å². The Kier molecular flexibility index (Phi) is 68.1. The van der Waals surface area contributed by atoms with Gasteiger partial charge >= 0.3 is 101 Å². The fraction of sp³-hybridized carbons (Fsp3) is 0.925. The summed E-state index contributed by atoms with van der Waals surface area (Å²) in [5.41, 5.74) is 1.72. The number of rotatable bonds is 38. The van der Waals surface area contributed by atoms with Gasteiger partial charge in [0.05, 0.1) is 12.4 Å². The van der Waals surface area contributed by atoms with Crippen LogP contribution in [-0.4, -0.2) is 65.9 Å². The first kappa shape index (κ1) is 64.5. The molecule has 1 rings (SSSR count). The monoisotopic (exact) mass is 937 g/mol. The molecule has 0 saturated heterocycles. The van der Waals surface area contributed by atoms with Crippen molar-refractivity contribution in [2.75, 3.05) is 43.8 Å². The molecule has 354 valence electrons. The Hall–Kier alpha value is -0.110. The van der Waals surface area contributed by atoms with E-state index in [0.29, 0.717) is 27.3 Å². The van der Waals surface area contributed by atoms with E-state index in [1.165, 1.54) is 231 Å². The SMILES string of the molecule is C=CO.CCC.CCCCCCCCC(CCCCCCCC)OC.CCN(CCCCCCCCCCCCC[I-]C)C(C)CCCCCCC=C1CC1.COC. The Morgan fingerprint density at radius 1 is 0.603 bits per heavy atom. The van der Waals surface area contributed by atoms with Crippen LogP contribution in [0.4, 0.5) is 0 Å². The van der Waals surface area contributed by atoms with Crippen LogP contribution in [0.25, 0.3) is 0 Å². The first-order valence-corrected chi connectivity index (χ1v) is 29.1. The number of alkyl halides is 2. The van der Waals surface area contributed by atoms with Gasteiger partial charge < -0.3 is 19.5 Å². The first-order chi connectivity index (χ1) is 28.4. The molecule has 1 atom stereocenters. The van der Waals surface area contributed by atoms with Crippen LogP contribution in [0, 0.1) is 0 Å². The van der Waals surface area contributed by atoms with Crippen molar-refractivity contribution in [3.8, 4) is 0 Å². The molecule has 1 aliphatic rings. The standard InChI is InChI=1S/C28H55IN.C18H38O.C3H8.C2H6O.C2H4O/c1-4-30(27(2)21-17-13-12-14-18-22-28-23-24-28)26-20-16-11-9-7-5-6-8-10-15-19-25-29-3;1-4-6-8-10-12-14-16-18(19-3)17-15-13-11-9-7-5-2;2*1-3-2;1-2-3/h22,27H,4-21,23-26H2,1-3H3;18H,4-17H2,1-3H3;3H2,1-2H3;1-2H3;2-3H,1H2/q-1;;;;. The van der Waals surface area contributed by atoms with Gasteiger partial charge in [0.2, 0.25) is 0 Å². The van der Waals surface area contributed by atoms with Crippen molar-refractivity contribution in [1.29, 1.82) is 0 Å². The molecular weight excluding hydrogens is 825 g/mol. The van der Waals surface area contributed by atoms with Crippen molar-refractivity contribution in [1.82, 2.24) is 4.90 Å². The molecule has 0 heterocycles. The summed E-state index contributed by atoms with van der Waals surface area (Å²) < 4.78 is 11.4. The maximum Gasteiger partial charge on any atom is 0.0351 e. The third-order valence-electron chi connectivity index (χ3n) is 10.9. The van der Waals surface area contributed by atoms with Crippen LogP contribution in [-0.2, 0) is 9.47 Å². The number of halogens is 1. The molecule has 1 unspecified atom stereocenters. The van der Waals surface area contributed by atoms with E-state index in [-0.39, 0.29) is 0 Å². The fourth-order valence-electron chi connectivity index (χ4n) is 7.21. The molecule has 1 saturated carbocycles. The third-order valence-corrected chi connectivity index (χ3v) is 12.8. The topological polar surface area (TPSA) is 41.9 Å². The van der Waals surface area contributed by atoms with E-state index in [2.05, 4.69) is 68.8 Å². The molecule has 1 fully saturated rings. The van der Waals surface area contributed by atoms with E-state index in [1.54, 1.807) is 24.2 Å². The summed E-state index contributed by atoms with van der Waals surface area (Å²) in [4.78, 5) is 5.15. The second-order valence-electron chi connectivity index (χ2n) is 16.9. The minimum Gasteiger partial charge on any atom is -0.388 e. The summed E-state index contributed by atoms with van der Waals surface area (Å²) in [5, 5.41) is 7.33. The van der Waals surface area contributed by atoms with Crippen molar-refractivity contribution in [2.45, 2.75) is 272 Å². The molecule has 0 amide bonds. The minimum absolute atomic E-state index is 0.525. The Morgan fingerprint density at radius 3 is 1.34 bits per heavy atom. The number of aliphatic hydroxyl groups is 1. The number of nitrogens with zero attached hydrogens (tertiary/aromatic N) is 1. The van der Waals surface area contributed by atoms with Crippen LogP contribution in [0.1, 0.15) is 260 Å². The zero-order valence-corrected chi connectivity index (χ0v) is 43.9. The quantitative estimate of drug-likeness (QED) is 0.0220. The second-order valence-corrected chi connectivity index (χ2v) is 19.5. The largest absolute Gasteiger partial charge is 0.388 e. The van der Waals surface area contributed by atoms with E-state index in [4.69, 9.17) is 9.84 Å². The van der Waals surface area contributed by atoms with E-state index in [1.807, 2.05) is 7.11 Å². The average molecular weight is 937 g/mol. The molecule has 5 heteroatoms. The summed E-state index contributed by atoms with van der Waals surface area (Å²) in [6, 6.07) is 0.780. The zero-order valence-electron chi connectivity index (χ0n) is 41.8. The van der Waals surface area contributed by atoms with Crippen LogP contribution in [0.3, 0.4) is 0 Å². The molecule has 0 radical (unpaired) electrons. The van der Waals surface area contributed by atoms with Crippen molar-refractivity contribution in [2.24, 2.45) is 0 Å². The van der Waals surface area contributed by atoms with E-state index < -0.39 is 0 Å². The predicted octanol–water partition coefficient (Wildman–Crippen LogP) is 14.6. The van der Waals surface area contributed by atoms with Crippen molar-refractivity contribution in [3.63, 3.8) is 0 Å². The van der Waals surface area contributed by atoms with Gasteiger partial charge in [-0.3, -0.25) is 0 Å². The Morgan fingerprint density at radius 2 is 0.966 bits per heavy atom. The number of methoxy groups -OCH3 is 2. The second kappa shape index (κ2) is 61.2. The van der Waals surface area contributed by atoms with Gasteiger partial charge in [-0.15, -0.1) is 0 Å². The van der Waals surface area contributed by atoms with Gasteiger partial charge in [-0.2, -0.15) is 0 Å². The van der Waals surface area contributed by atoms with E-state index >= 15 is 0 Å². The van der Waals surface area contributed by atoms with Gasteiger partial charge in [-0.25, -0.2) is 0 Å². The first-order valence-electron chi connectivity index (χ1n) is 25.4. The predicted molar refractivity (Wildman–Crippen MR) is 262 cm³/mol. The van der Waals surface area contributed by atoms with E-state index in [9.17, 15) is 0 Å². The summed E-state index contributed by atoms with van der Waals surface area (Å²) >= 11 is 0.547. The molecule has 0 aliphatic heterocycles. The molecule has 0 bridgehead atoms. The molecule has 0 aromatic rings. The van der Waals surface area contributed by atoms with Gasteiger partial charge in [-0.05, 0) is 65.0 Å². The minimum atomic E-state index is 0.525. The van der Waals surface area contributed by atoms with Gasteiger partial charge in [0.25, 0.3) is 0 Å². The summed E-state index contributed by atoms with van der Waals surface area (Å²) in [6.45, 7) is 19.1. The third kappa shape index (κ3) is 62.5. The molecular formula is C53H111INO3-. The molecule has 0 aromatic heterocycles. The number of ether oxygens (including phenoxy) is 2. The summed E-state index contributed by atoms with van der Waals surface area (Å²) in [7, 11) is 5.14. The molecule has 0 spiro atoms. The Balaban J connectivity index is -0.000000443. The fourth-order valence-corrected chi connectivity index (χ4v) is 8.51. The number of aliphatic hydroxyl groups excluding tert-OH is 1. The number of hydrogen-bond donors (Lipinski definition) is 1. The van der Waals surface area contributed by atoms with Crippen LogP contribution >= 0.6 is 0 Å². The van der Waals surface area contributed by atoms with Gasteiger partial charge in [0.15, 0.2) is 0 Å². The van der Waals surface area contributed by atoms with Crippen molar-refractivity contribution >= 4 is 0 Å². The zero-order chi connectivity index (χ0) is 44.0. The number of allylic oxidation sites excluding steroid dienone is 2. The molecule has 0 aromatic carbocycles. The van der Waals surface area contributed by atoms with Crippen molar-refractivity contribution in [3.05, 3.63) is 24.5 Å². The number of hydrogen-bond acceptors (Lipinski definition) is 4. The van der Waals surface area contributed by atoms with Gasteiger partial charge in [0.1, 0.15) is 0 Å². The average Bonchev–Trinajstić information content (AvgIpc) is 4.05. The maximum absolute atomic E-state index is 7.33. The molecule has 1 N–H and O–H groups in total.